The van der Waals surface area contributed by atoms with Crippen LogP contribution in [0.5, 0.6) is 0 Å². The van der Waals surface area contributed by atoms with Crippen molar-refractivity contribution in [1.82, 2.24) is 9.80 Å². The lowest BCUT2D eigenvalue weighted by molar-refractivity contribution is -0.146. The lowest BCUT2D eigenvalue weighted by Gasteiger charge is -2.28. The Morgan fingerprint density at radius 1 is 0.882 bits per heavy atom. The highest BCUT2D eigenvalue weighted by atomic mass is 32.1. The summed E-state index contributed by atoms with van der Waals surface area (Å²) in [5.41, 5.74) is 1.03. The molecule has 0 saturated heterocycles. The van der Waals surface area contributed by atoms with Crippen molar-refractivity contribution in [3.8, 4) is 0 Å². The van der Waals surface area contributed by atoms with Crippen LogP contribution in [0.2, 0.25) is 0 Å². The number of aryl methyl sites for hydroxylation is 1. The Morgan fingerprint density at radius 2 is 1.65 bits per heavy atom. The molecule has 0 spiro atoms. The molecule has 34 heavy (non-hydrogen) atoms. The maximum absolute atomic E-state index is 13.4. The molecule has 0 fully saturated rings. The molecule has 1 aromatic heterocycles. The summed E-state index contributed by atoms with van der Waals surface area (Å²) in [7, 11) is 0. The van der Waals surface area contributed by atoms with E-state index in [9.17, 15) is 14.4 Å². The fraction of sp³-hybridized carbons (Fsp3) is 0.500. The molecule has 0 atom stereocenters. The second-order valence-electron chi connectivity index (χ2n) is 7.92. The highest BCUT2D eigenvalue weighted by Crippen LogP contribution is 2.19. The van der Waals surface area contributed by atoms with Gasteiger partial charge in [-0.05, 0) is 44.9 Å². The zero-order chi connectivity index (χ0) is 24.8. The Hall–Kier alpha value is -2.71. The number of carbonyl (C=O) groups excluding carboxylic acids is 3. The number of esters is 1. The second kappa shape index (κ2) is 15.2. The minimum Gasteiger partial charge on any atom is -0.466 e. The lowest BCUT2D eigenvalue weighted by Crippen LogP contribution is -2.43. The van der Waals surface area contributed by atoms with Gasteiger partial charge in [-0.1, -0.05) is 30.3 Å². The van der Waals surface area contributed by atoms with E-state index in [1.807, 2.05) is 56.3 Å². The number of benzene rings is 1. The van der Waals surface area contributed by atoms with Gasteiger partial charge >= 0.3 is 5.97 Å². The molecular formula is C26H36N2O5S. The minimum absolute atomic E-state index is 0.00499. The van der Waals surface area contributed by atoms with E-state index in [-0.39, 0.29) is 37.8 Å². The van der Waals surface area contributed by atoms with Gasteiger partial charge in [0.15, 0.2) is 0 Å². The van der Waals surface area contributed by atoms with Gasteiger partial charge in [-0.3, -0.25) is 14.4 Å². The summed E-state index contributed by atoms with van der Waals surface area (Å²) >= 11 is 1.66. The van der Waals surface area contributed by atoms with Crippen LogP contribution in [0.3, 0.4) is 0 Å². The van der Waals surface area contributed by atoms with Crippen molar-refractivity contribution in [2.45, 2.75) is 53.1 Å². The second-order valence-corrected chi connectivity index (χ2v) is 9.29. The number of rotatable bonds is 15. The quantitative estimate of drug-likeness (QED) is 0.278. The molecule has 0 N–H and O–H groups in total. The van der Waals surface area contributed by atoms with Crippen LogP contribution < -0.4 is 0 Å². The first-order valence-corrected chi connectivity index (χ1v) is 12.6. The molecule has 2 aromatic rings. The Kier molecular flexibility index (Phi) is 12.3. The molecular weight excluding hydrogens is 452 g/mol. The van der Waals surface area contributed by atoms with Gasteiger partial charge in [-0.15, -0.1) is 11.3 Å². The number of hydrogen-bond donors (Lipinski definition) is 0. The third-order valence-corrected chi connectivity index (χ3v) is 6.15. The lowest BCUT2D eigenvalue weighted by atomic mass is 10.2. The molecule has 186 valence electrons. The third kappa shape index (κ3) is 10.1. The topological polar surface area (TPSA) is 76.2 Å². The third-order valence-electron chi connectivity index (χ3n) is 5.16. The monoisotopic (exact) mass is 488 g/mol. The average molecular weight is 489 g/mol. The molecule has 1 heterocycles. The fourth-order valence-corrected chi connectivity index (χ4v) is 4.36. The van der Waals surface area contributed by atoms with Gasteiger partial charge in [-0.25, -0.2) is 0 Å². The van der Waals surface area contributed by atoms with Gasteiger partial charge in [0.05, 0.1) is 26.1 Å². The van der Waals surface area contributed by atoms with Gasteiger partial charge < -0.3 is 19.3 Å². The van der Waals surface area contributed by atoms with Crippen LogP contribution in [0.25, 0.3) is 0 Å². The molecule has 8 heteroatoms. The summed E-state index contributed by atoms with van der Waals surface area (Å²) in [4.78, 5) is 43.7. The molecule has 0 radical (unpaired) electrons. The number of amides is 2. The van der Waals surface area contributed by atoms with Crippen LogP contribution in [0.4, 0.5) is 0 Å². The summed E-state index contributed by atoms with van der Waals surface area (Å²) in [6, 6.07) is 13.9. The smallest absolute Gasteiger partial charge is 0.306 e. The Morgan fingerprint density at radius 3 is 2.29 bits per heavy atom. The van der Waals surface area contributed by atoms with E-state index in [4.69, 9.17) is 9.47 Å². The van der Waals surface area contributed by atoms with Crippen molar-refractivity contribution in [3.63, 3.8) is 0 Å². The van der Waals surface area contributed by atoms with E-state index >= 15 is 0 Å². The summed E-state index contributed by atoms with van der Waals surface area (Å²) in [5.74, 6) is -0.768. The zero-order valence-electron chi connectivity index (χ0n) is 20.5. The average Bonchev–Trinajstić information content (AvgIpc) is 3.24. The molecule has 2 amide bonds. The number of nitrogens with zero attached hydrogens (tertiary/aromatic N) is 2. The number of hydrogen-bond acceptors (Lipinski definition) is 6. The standard InChI is InChI=1S/C26H36N2O5S/c1-4-32-17-9-16-27(24(29)14-15-26(31)33-5-2)20-25(30)28(18-22-10-7-6-8-11-22)19-23-13-12-21(3)34-23/h6-8,10-13H,4-5,9,14-20H2,1-3H3. The summed E-state index contributed by atoms with van der Waals surface area (Å²) in [6.45, 7) is 8.37. The van der Waals surface area contributed by atoms with E-state index in [1.165, 1.54) is 9.78 Å². The van der Waals surface area contributed by atoms with Crippen molar-refractivity contribution < 1.29 is 23.9 Å². The van der Waals surface area contributed by atoms with Gasteiger partial charge in [0.2, 0.25) is 11.8 Å². The first kappa shape index (κ1) is 27.5. The molecule has 2 rings (SSSR count). The predicted octanol–water partition coefficient (Wildman–Crippen LogP) is 4.18. The highest BCUT2D eigenvalue weighted by molar-refractivity contribution is 7.11. The molecule has 0 saturated carbocycles. The summed E-state index contributed by atoms with van der Waals surface area (Å²) < 4.78 is 10.3. The number of thiophene rings is 1. The van der Waals surface area contributed by atoms with Crippen molar-refractivity contribution >= 4 is 29.1 Å². The van der Waals surface area contributed by atoms with E-state index in [0.717, 1.165) is 10.4 Å². The Labute approximate surface area is 206 Å². The molecule has 7 nitrogen and oxygen atoms in total. The van der Waals surface area contributed by atoms with E-state index in [1.54, 1.807) is 23.2 Å². The first-order valence-electron chi connectivity index (χ1n) is 11.8. The van der Waals surface area contributed by atoms with Crippen LogP contribution >= 0.6 is 11.3 Å². The molecule has 0 aliphatic carbocycles. The Balaban J connectivity index is 2.11. The van der Waals surface area contributed by atoms with Crippen molar-refractivity contribution in [2.75, 3.05) is 32.9 Å². The Bertz CT molecular complexity index is 900. The van der Waals surface area contributed by atoms with Crippen LogP contribution in [-0.2, 0) is 36.9 Å². The van der Waals surface area contributed by atoms with Gasteiger partial charge in [0.25, 0.3) is 0 Å². The minimum atomic E-state index is -0.407. The van der Waals surface area contributed by atoms with Crippen LogP contribution in [0, 0.1) is 6.92 Å². The van der Waals surface area contributed by atoms with Gasteiger partial charge in [0, 0.05) is 42.5 Å². The first-order chi connectivity index (χ1) is 16.4. The normalized spacial score (nSPS) is 10.7. The molecule has 0 unspecified atom stereocenters. The predicted molar refractivity (Wildman–Crippen MR) is 133 cm³/mol. The maximum atomic E-state index is 13.4. The van der Waals surface area contributed by atoms with E-state index in [0.29, 0.717) is 39.3 Å². The molecule has 1 aromatic carbocycles. The molecule has 0 aliphatic rings. The summed E-state index contributed by atoms with van der Waals surface area (Å²) in [5, 5.41) is 0. The van der Waals surface area contributed by atoms with Crippen molar-refractivity contribution in [1.29, 1.82) is 0 Å². The maximum Gasteiger partial charge on any atom is 0.306 e. The SMILES string of the molecule is CCOCCCN(CC(=O)N(Cc1ccccc1)Cc1ccc(C)s1)C(=O)CCC(=O)OCC. The molecule has 0 bridgehead atoms. The fourth-order valence-electron chi connectivity index (χ4n) is 3.45. The largest absolute Gasteiger partial charge is 0.466 e. The van der Waals surface area contributed by atoms with Crippen molar-refractivity contribution in [3.05, 3.63) is 57.8 Å². The van der Waals surface area contributed by atoms with E-state index in [2.05, 4.69) is 0 Å². The van der Waals surface area contributed by atoms with Crippen LogP contribution in [0.15, 0.2) is 42.5 Å². The van der Waals surface area contributed by atoms with Crippen LogP contribution in [-0.4, -0.2) is 60.5 Å². The van der Waals surface area contributed by atoms with E-state index < -0.39 is 5.97 Å². The number of carbonyl (C=O) groups is 3. The molecule has 0 aliphatic heterocycles. The van der Waals surface area contributed by atoms with Crippen LogP contribution in [0.1, 0.15) is 48.4 Å². The van der Waals surface area contributed by atoms with Gasteiger partial charge in [0.1, 0.15) is 0 Å². The van der Waals surface area contributed by atoms with Crippen molar-refractivity contribution in [2.24, 2.45) is 0 Å². The summed E-state index contributed by atoms with van der Waals surface area (Å²) in [6.07, 6.45) is 0.643. The number of ether oxygens (including phenoxy) is 2. The zero-order valence-corrected chi connectivity index (χ0v) is 21.3. The highest BCUT2D eigenvalue weighted by Gasteiger charge is 2.23. The van der Waals surface area contributed by atoms with Gasteiger partial charge in [-0.2, -0.15) is 0 Å².